The van der Waals surface area contributed by atoms with Crippen molar-refractivity contribution in [1.29, 1.82) is 0 Å². The summed E-state index contributed by atoms with van der Waals surface area (Å²) in [5.41, 5.74) is 2.52. The minimum absolute atomic E-state index is 0.0466. The predicted molar refractivity (Wildman–Crippen MR) is 105 cm³/mol. The zero-order chi connectivity index (χ0) is 18.4. The van der Waals surface area contributed by atoms with Gasteiger partial charge in [0.15, 0.2) is 0 Å². The fourth-order valence-corrected chi connectivity index (χ4v) is 3.16. The van der Waals surface area contributed by atoms with Gasteiger partial charge in [0.1, 0.15) is 0 Å². The smallest absolute Gasteiger partial charge is 0.225 e. The van der Waals surface area contributed by atoms with Gasteiger partial charge < -0.3 is 5.32 Å². The summed E-state index contributed by atoms with van der Waals surface area (Å²) in [7, 11) is 0. The van der Waals surface area contributed by atoms with Crippen LogP contribution in [-0.4, -0.2) is 15.7 Å². The molecule has 0 spiro atoms. The molecule has 1 aromatic heterocycles. The molecule has 4 nitrogen and oxygen atoms in total. The molecule has 0 aliphatic rings. The zero-order valence-corrected chi connectivity index (χ0v) is 17.1. The summed E-state index contributed by atoms with van der Waals surface area (Å²) >= 11 is 3.38. The van der Waals surface area contributed by atoms with E-state index >= 15 is 0 Å². The molecule has 1 N–H and O–H groups in total. The Kier molecular flexibility index (Phi) is 7.24. The largest absolute Gasteiger partial charge is 0.349 e. The first-order valence-corrected chi connectivity index (χ1v) is 9.82. The lowest BCUT2D eigenvalue weighted by Crippen LogP contribution is -2.34. The molecular weight excluding hydrogens is 378 g/mol. The summed E-state index contributed by atoms with van der Waals surface area (Å²) in [6.45, 7) is 9.05. The summed E-state index contributed by atoms with van der Waals surface area (Å²) in [6.07, 6.45) is 5.62. The molecule has 136 valence electrons. The highest BCUT2D eigenvalue weighted by atomic mass is 79.9. The summed E-state index contributed by atoms with van der Waals surface area (Å²) in [5, 5.41) is 7.40. The minimum Gasteiger partial charge on any atom is -0.349 e. The quantitative estimate of drug-likeness (QED) is 0.666. The Morgan fingerprint density at radius 3 is 2.32 bits per heavy atom. The molecule has 1 heterocycles. The van der Waals surface area contributed by atoms with E-state index < -0.39 is 0 Å². The number of rotatable bonds is 8. The van der Waals surface area contributed by atoms with Crippen LogP contribution in [0.2, 0.25) is 0 Å². The lowest BCUT2D eigenvalue weighted by atomic mass is 9.95. The third-order valence-corrected chi connectivity index (χ3v) is 5.16. The summed E-state index contributed by atoms with van der Waals surface area (Å²) in [4.78, 5) is 12.6. The van der Waals surface area contributed by atoms with Gasteiger partial charge in [-0.3, -0.25) is 9.48 Å². The molecule has 25 heavy (non-hydrogen) atoms. The van der Waals surface area contributed by atoms with Crippen LogP contribution in [-0.2, 0) is 11.3 Å². The first-order chi connectivity index (χ1) is 11.9. The molecule has 0 saturated carbocycles. The summed E-state index contributed by atoms with van der Waals surface area (Å²) in [5.74, 6) is 0.488. The Hall–Kier alpha value is -1.62. The van der Waals surface area contributed by atoms with Crippen LogP contribution >= 0.6 is 15.9 Å². The van der Waals surface area contributed by atoms with E-state index in [-0.39, 0.29) is 17.9 Å². The van der Waals surface area contributed by atoms with E-state index in [1.165, 1.54) is 5.56 Å². The van der Waals surface area contributed by atoms with Crippen molar-refractivity contribution in [2.45, 2.75) is 59.0 Å². The number of benzene rings is 1. The Morgan fingerprint density at radius 2 is 1.80 bits per heavy atom. The van der Waals surface area contributed by atoms with Crippen molar-refractivity contribution >= 4 is 21.8 Å². The van der Waals surface area contributed by atoms with Crippen molar-refractivity contribution in [3.63, 3.8) is 0 Å². The van der Waals surface area contributed by atoms with Gasteiger partial charge in [0, 0.05) is 6.20 Å². The van der Waals surface area contributed by atoms with Crippen LogP contribution in [0.4, 0.5) is 0 Å². The summed E-state index contributed by atoms with van der Waals surface area (Å²) in [6, 6.07) is 8.70. The maximum Gasteiger partial charge on any atom is 0.225 e. The second-order valence-corrected chi connectivity index (χ2v) is 7.64. The molecule has 1 aromatic carbocycles. The number of amides is 1. The number of hydrogen-bond donors (Lipinski definition) is 1. The van der Waals surface area contributed by atoms with Gasteiger partial charge in [-0.1, -0.05) is 52.0 Å². The third-order valence-electron chi connectivity index (χ3n) is 4.76. The topological polar surface area (TPSA) is 46.9 Å². The molecule has 0 aliphatic carbocycles. The van der Waals surface area contributed by atoms with E-state index in [0.717, 1.165) is 22.9 Å². The van der Waals surface area contributed by atoms with Gasteiger partial charge in [-0.15, -0.1) is 0 Å². The first kappa shape index (κ1) is 19.7. The Bertz CT molecular complexity index is 681. The average Bonchev–Trinajstić information content (AvgIpc) is 3.03. The third kappa shape index (κ3) is 5.43. The van der Waals surface area contributed by atoms with Crippen LogP contribution in [0.5, 0.6) is 0 Å². The molecule has 3 atom stereocenters. The predicted octanol–water partition coefficient (Wildman–Crippen LogP) is 5.06. The highest BCUT2D eigenvalue weighted by molar-refractivity contribution is 9.10. The van der Waals surface area contributed by atoms with E-state index in [9.17, 15) is 4.79 Å². The molecule has 2 rings (SSSR count). The van der Waals surface area contributed by atoms with Crippen LogP contribution in [0.25, 0.3) is 0 Å². The fourth-order valence-electron chi connectivity index (χ4n) is 2.83. The van der Waals surface area contributed by atoms with Crippen molar-refractivity contribution in [2.75, 3.05) is 0 Å². The molecule has 5 heteroatoms. The second-order valence-electron chi connectivity index (χ2n) is 6.73. The van der Waals surface area contributed by atoms with Gasteiger partial charge >= 0.3 is 0 Å². The van der Waals surface area contributed by atoms with Gasteiger partial charge in [-0.25, -0.2) is 0 Å². The molecule has 2 aromatic rings. The number of carbonyl (C=O) groups is 1. The molecule has 0 fully saturated rings. The van der Waals surface area contributed by atoms with Crippen LogP contribution in [0.15, 0.2) is 41.1 Å². The van der Waals surface area contributed by atoms with E-state index in [1.54, 1.807) is 10.9 Å². The van der Waals surface area contributed by atoms with E-state index in [0.29, 0.717) is 12.5 Å². The van der Waals surface area contributed by atoms with Gasteiger partial charge in [-0.2, -0.15) is 5.10 Å². The molecule has 0 saturated heterocycles. The molecule has 3 unspecified atom stereocenters. The van der Waals surface area contributed by atoms with Crippen LogP contribution in [0, 0.1) is 5.92 Å². The zero-order valence-electron chi connectivity index (χ0n) is 15.5. The number of hydrogen-bond acceptors (Lipinski definition) is 2. The van der Waals surface area contributed by atoms with Gasteiger partial charge in [0.25, 0.3) is 0 Å². The van der Waals surface area contributed by atoms with E-state index in [4.69, 9.17) is 0 Å². The number of aromatic nitrogens is 2. The monoisotopic (exact) mass is 405 g/mol. The fraction of sp³-hybridized carbons (Fsp3) is 0.500. The molecule has 1 amide bonds. The van der Waals surface area contributed by atoms with Crippen molar-refractivity contribution in [1.82, 2.24) is 15.1 Å². The Morgan fingerprint density at radius 1 is 1.16 bits per heavy atom. The average molecular weight is 406 g/mol. The van der Waals surface area contributed by atoms with Gasteiger partial charge in [0.2, 0.25) is 5.91 Å². The standard InChI is InChI=1S/C20H28BrN3O/c1-5-14(3)16-7-9-17(10-8-16)19(6-2)23-20(25)15(4)12-24-13-18(21)11-22-24/h7-11,13-15,19H,5-6,12H2,1-4H3,(H,23,25). The number of nitrogens with zero attached hydrogens (tertiary/aromatic N) is 2. The summed E-state index contributed by atoms with van der Waals surface area (Å²) < 4.78 is 2.71. The molecule has 0 aliphatic heterocycles. The normalized spacial score (nSPS) is 14.8. The number of halogens is 1. The Balaban J connectivity index is 1.99. The van der Waals surface area contributed by atoms with Crippen molar-refractivity contribution in [2.24, 2.45) is 5.92 Å². The lowest BCUT2D eigenvalue weighted by Gasteiger charge is -2.21. The highest BCUT2D eigenvalue weighted by Gasteiger charge is 2.19. The van der Waals surface area contributed by atoms with Gasteiger partial charge in [0.05, 0.1) is 29.2 Å². The first-order valence-electron chi connectivity index (χ1n) is 9.02. The highest BCUT2D eigenvalue weighted by Crippen LogP contribution is 2.23. The van der Waals surface area contributed by atoms with E-state index in [2.05, 4.69) is 71.4 Å². The maximum atomic E-state index is 12.6. The molecular formula is C20H28BrN3O. The van der Waals surface area contributed by atoms with E-state index in [1.807, 2.05) is 13.1 Å². The Labute approximate surface area is 159 Å². The van der Waals surface area contributed by atoms with Crippen molar-refractivity contribution in [3.8, 4) is 0 Å². The van der Waals surface area contributed by atoms with Crippen molar-refractivity contribution < 1.29 is 4.79 Å². The van der Waals surface area contributed by atoms with Crippen LogP contribution in [0.1, 0.15) is 63.6 Å². The van der Waals surface area contributed by atoms with Crippen LogP contribution in [0.3, 0.4) is 0 Å². The second kappa shape index (κ2) is 9.18. The number of carbonyl (C=O) groups excluding carboxylic acids is 1. The SMILES string of the molecule is CCC(C)c1ccc(C(CC)NC(=O)C(C)Cn2cc(Br)cn2)cc1. The van der Waals surface area contributed by atoms with Crippen molar-refractivity contribution in [3.05, 3.63) is 52.3 Å². The van der Waals surface area contributed by atoms with Crippen LogP contribution < -0.4 is 5.32 Å². The maximum absolute atomic E-state index is 12.6. The van der Waals surface area contributed by atoms with Gasteiger partial charge in [-0.05, 0) is 45.8 Å². The number of nitrogens with one attached hydrogen (secondary N) is 1. The molecule has 0 bridgehead atoms. The lowest BCUT2D eigenvalue weighted by molar-refractivity contribution is -0.125. The molecule has 0 radical (unpaired) electrons. The minimum atomic E-state index is -0.139.